The van der Waals surface area contributed by atoms with E-state index in [1.54, 1.807) is 24.3 Å². The molecule has 0 fully saturated rings. The van der Waals surface area contributed by atoms with Gasteiger partial charge in [-0.05, 0) is 24.3 Å². The van der Waals surface area contributed by atoms with Gasteiger partial charge in [0.25, 0.3) is 5.69 Å². The maximum atomic E-state index is 12.1. The maximum absolute atomic E-state index is 12.1. The Bertz CT molecular complexity index is 929. The molecular weight excluding hydrogens is 336 g/mol. The summed E-state index contributed by atoms with van der Waals surface area (Å²) in [7, 11) is 0. The smallest absolute Gasteiger partial charge is 0.368 e. The number of oxime groups is 1. The van der Waals surface area contributed by atoms with Gasteiger partial charge in [-0.3, -0.25) is 10.1 Å². The van der Waals surface area contributed by atoms with Crippen molar-refractivity contribution in [2.75, 3.05) is 6.61 Å². The summed E-state index contributed by atoms with van der Waals surface area (Å²) in [5.74, 6) is -0.0143. The molecule has 0 radical (unpaired) electrons. The Morgan fingerprint density at radius 1 is 1.19 bits per heavy atom. The van der Waals surface area contributed by atoms with Crippen molar-refractivity contribution in [3.8, 4) is 5.75 Å². The fourth-order valence-corrected chi connectivity index (χ4v) is 2.39. The van der Waals surface area contributed by atoms with Gasteiger partial charge in [0.15, 0.2) is 0 Å². The number of hydrogen-bond donors (Lipinski definition) is 0. The van der Waals surface area contributed by atoms with Crippen LogP contribution in [0.5, 0.6) is 5.75 Å². The molecule has 0 saturated heterocycles. The standard InChI is InChI=1S/C19H14N2O5/c1-2-11-25-17-6-4-3-5-14(17)12-16-18(20-26-19(16)22)13-7-9-15(10-8-13)21(23)24/h2-10,12H,1,11H2. The molecule has 0 N–H and O–H groups in total. The molecule has 0 unspecified atom stereocenters. The molecule has 2 aromatic rings. The van der Waals surface area contributed by atoms with E-state index >= 15 is 0 Å². The summed E-state index contributed by atoms with van der Waals surface area (Å²) in [6, 6.07) is 12.9. The molecule has 130 valence electrons. The van der Waals surface area contributed by atoms with Crippen molar-refractivity contribution >= 4 is 23.4 Å². The molecule has 0 spiro atoms. The molecular formula is C19H14N2O5. The monoisotopic (exact) mass is 350 g/mol. The average Bonchev–Trinajstić information content (AvgIpc) is 3.01. The molecule has 1 heterocycles. The van der Waals surface area contributed by atoms with Crippen LogP contribution in [0.15, 0.2) is 71.9 Å². The van der Waals surface area contributed by atoms with Gasteiger partial charge in [-0.25, -0.2) is 4.79 Å². The van der Waals surface area contributed by atoms with Crippen LogP contribution in [0.4, 0.5) is 5.69 Å². The average molecular weight is 350 g/mol. The lowest BCUT2D eigenvalue weighted by atomic mass is 10.00. The van der Waals surface area contributed by atoms with Crippen molar-refractivity contribution in [2.45, 2.75) is 0 Å². The zero-order valence-corrected chi connectivity index (χ0v) is 13.6. The molecule has 7 nitrogen and oxygen atoms in total. The van der Waals surface area contributed by atoms with Gasteiger partial charge in [-0.1, -0.05) is 36.0 Å². The summed E-state index contributed by atoms with van der Waals surface area (Å²) in [5, 5.41) is 14.6. The fourth-order valence-electron chi connectivity index (χ4n) is 2.39. The van der Waals surface area contributed by atoms with E-state index in [1.807, 2.05) is 12.1 Å². The predicted molar refractivity (Wildman–Crippen MR) is 95.8 cm³/mol. The minimum atomic E-state index is -0.600. The van der Waals surface area contributed by atoms with E-state index in [0.29, 0.717) is 29.2 Å². The first-order valence-electron chi connectivity index (χ1n) is 7.69. The van der Waals surface area contributed by atoms with E-state index < -0.39 is 10.9 Å². The highest BCUT2D eigenvalue weighted by atomic mass is 16.7. The third-order valence-corrected chi connectivity index (χ3v) is 3.62. The zero-order chi connectivity index (χ0) is 18.5. The molecule has 3 rings (SSSR count). The van der Waals surface area contributed by atoms with E-state index in [1.165, 1.54) is 24.3 Å². The molecule has 0 bridgehead atoms. The van der Waals surface area contributed by atoms with Gasteiger partial charge in [0, 0.05) is 23.3 Å². The number of carbonyl (C=O) groups is 1. The summed E-state index contributed by atoms with van der Waals surface area (Å²) in [4.78, 5) is 27.2. The van der Waals surface area contributed by atoms with Gasteiger partial charge >= 0.3 is 5.97 Å². The molecule has 7 heteroatoms. The highest BCUT2D eigenvalue weighted by Crippen LogP contribution is 2.26. The van der Waals surface area contributed by atoms with Crippen LogP contribution < -0.4 is 4.74 Å². The van der Waals surface area contributed by atoms with Crippen LogP contribution >= 0.6 is 0 Å². The van der Waals surface area contributed by atoms with Crippen LogP contribution in [0.1, 0.15) is 11.1 Å². The lowest BCUT2D eigenvalue weighted by molar-refractivity contribution is -0.384. The van der Waals surface area contributed by atoms with Crippen LogP contribution in [-0.4, -0.2) is 23.2 Å². The van der Waals surface area contributed by atoms with Gasteiger partial charge < -0.3 is 9.57 Å². The minimum Gasteiger partial charge on any atom is -0.489 e. The number of nitro benzene ring substituents is 1. The van der Waals surface area contributed by atoms with Crippen molar-refractivity contribution in [3.63, 3.8) is 0 Å². The number of ether oxygens (including phenoxy) is 1. The molecule has 0 aromatic heterocycles. The van der Waals surface area contributed by atoms with E-state index in [4.69, 9.17) is 9.57 Å². The number of para-hydroxylation sites is 1. The first-order chi connectivity index (χ1) is 12.6. The van der Waals surface area contributed by atoms with E-state index in [-0.39, 0.29) is 11.3 Å². The Morgan fingerprint density at radius 3 is 2.62 bits per heavy atom. The van der Waals surface area contributed by atoms with Crippen molar-refractivity contribution in [1.29, 1.82) is 0 Å². The minimum absolute atomic E-state index is 0.0479. The van der Waals surface area contributed by atoms with E-state index in [0.717, 1.165) is 0 Å². The van der Waals surface area contributed by atoms with E-state index in [9.17, 15) is 14.9 Å². The van der Waals surface area contributed by atoms with Crippen LogP contribution in [0.2, 0.25) is 0 Å². The molecule has 0 amide bonds. The van der Waals surface area contributed by atoms with Gasteiger partial charge in [0.1, 0.15) is 18.1 Å². The molecule has 0 saturated carbocycles. The second kappa shape index (κ2) is 7.43. The maximum Gasteiger partial charge on any atom is 0.368 e. The Morgan fingerprint density at radius 2 is 1.92 bits per heavy atom. The molecule has 2 aromatic carbocycles. The molecule has 0 aliphatic carbocycles. The third-order valence-electron chi connectivity index (χ3n) is 3.62. The number of rotatable bonds is 6. The predicted octanol–water partition coefficient (Wildman–Crippen LogP) is 3.50. The van der Waals surface area contributed by atoms with Crippen molar-refractivity contribution in [1.82, 2.24) is 0 Å². The fraction of sp³-hybridized carbons (Fsp3) is 0.0526. The summed E-state index contributed by atoms with van der Waals surface area (Å²) in [6.45, 7) is 3.94. The topological polar surface area (TPSA) is 91.0 Å². The van der Waals surface area contributed by atoms with Crippen LogP contribution in [-0.2, 0) is 9.63 Å². The molecule has 1 aliphatic heterocycles. The van der Waals surface area contributed by atoms with Crippen molar-refractivity contribution < 1.29 is 19.3 Å². The summed E-state index contributed by atoms with van der Waals surface area (Å²) in [6.07, 6.45) is 3.24. The Balaban J connectivity index is 1.97. The number of hydrogen-bond acceptors (Lipinski definition) is 6. The number of nitrogens with zero attached hydrogens (tertiary/aromatic N) is 2. The van der Waals surface area contributed by atoms with Gasteiger partial charge in [-0.2, -0.15) is 0 Å². The SMILES string of the molecule is C=CCOc1ccccc1C=C1C(=O)ON=C1c1ccc([N+](=O)[O-])cc1. The lowest BCUT2D eigenvalue weighted by Crippen LogP contribution is -2.07. The Kier molecular flexibility index (Phi) is 4.89. The van der Waals surface area contributed by atoms with Gasteiger partial charge in [-0.15, -0.1) is 0 Å². The quantitative estimate of drug-likeness (QED) is 0.261. The Hall–Kier alpha value is -3.74. The van der Waals surface area contributed by atoms with Crippen LogP contribution in [0.3, 0.4) is 0 Å². The van der Waals surface area contributed by atoms with E-state index in [2.05, 4.69) is 11.7 Å². The van der Waals surface area contributed by atoms with Crippen LogP contribution in [0.25, 0.3) is 6.08 Å². The highest BCUT2D eigenvalue weighted by Gasteiger charge is 2.27. The molecule has 0 atom stereocenters. The van der Waals surface area contributed by atoms with Gasteiger partial charge in [0.2, 0.25) is 0 Å². The van der Waals surface area contributed by atoms with Crippen LogP contribution in [0, 0.1) is 10.1 Å². The molecule has 1 aliphatic rings. The summed E-state index contributed by atoms with van der Waals surface area (Å²) in [5.41, 5.74) is 1.72. The lowest BCUT2D eigenvalue weighted by Gasteiger charge is -2.07. The first kappa shape index (κ1) is 17.1. The second-order valence-electron chi connectivity index (χ2n) is 5.32. The van der Waals surface area contributed by atoms with Crippen molar-refractivity contribution in [3.05, 3.63) is 88.0 Å². The summed E-state index contributed by atoms with van der Waals surface area (Å²) < 4.78 is 5.59. The largest absolute Gasteiger partial charge is 0.489 e. The normalized spacial score (nSPS) is 14.7. The third kappa shape index (κ3) is 3.51. The number of nitro groups is 1. The number of benzene rings is 2. The highest BCUT2D eigenvalue weighted by molar-refractivity contribution is 6.31. The first-order valence-corrected chi connectivity index (χ1v) is 7.69. The number of non-ortho nitro benzene ring substituents is 1. The second-order valence-corrected chi connectivity index (χ2v) is 5.32. The summed E-state index contributed by atoms with van der Waals surface area (Å²) >= 11 is 0. The van der Waals surface area contributed by atoms with Gasteiger partial charge in [0.05, 0.1) is 10.5 Å². The Labute approximate surface area is 149 Å². The zero-order valence-electron chi connectivity index (χ0n) is 13.6. The molecule has 26 heavy (non-hydrogen) atoms. The van der Waals surface area contributed by atoms with Crippen molar-refractivity contribution in [2.24, 2.45) is 5.16 Å². The number of carbonyl (C=O) groups excluding carboxylic acids is 1.